The molecule has 47 heavy (non-hydrogen) atoms. The van der Waals surface area contributed by atoms with Crippen molar-refractivity contribution in [1.29, 1.82) is 0 Å². The van der Waals surface area contributed by atoms with Crippen LogP contribution < -0.4 is 9.62 Å². The SMILES string of the molecule is Cc1cccc(N(CC(=O)N(Cc2c(Cl)cccc2Cl)[C@@H](Cc2ccccc2)C(=O)NC2CCCCC2)S(=O)(=O)c2ccccc2)c1. The number of aryl methyl sites for hydroxylation is 1. The minimum atomic E-state index is -4.18. The van der Waals surface area contributed by atoms with Crippen LogP contribution >= 0.6 is 23.2 Å². The fourth-order valence-electron chi connectivity index (χ4n) is 5.98. The monoisotopic (exact) mass is 691 g/mol. The zero-order valence-electron chi connectivity index (χ0n) is 26.3. The number of carbonyl (C=O) groups excluding carboxylic acids is 2. The number of rotatable bonds is 12. The van der Waals surface area contributed by atoms with Gasteiger partial charge in [-0.3, -0.25) is 13.9 Å². The Morgan fingerprint density at radius 1 is 0.830 bits per heavy atom. The molecule has 0 radical (unpaired) electrons. The van der Waals surface area contributed by atoms with E-state index in [4.69, 9.17) is 23.2 Å². The number of anilines is 1. The van der Waals surface area contributed by atoms with Gasteiger partial charge in [0.05, 0.1) is 10.6 Å². The van der Waals surface area contributed by atoms with E-state index in [2.05, 4.69) is 5.32 Å². The zero-order chi connectivity index (χ0) is 33.4. The highest BCUT2D eigenvalue weighted by Crippen LogP contribution is 2.29. The van der Waals surface area contributed by atoms with E-state index in [1.807, 2.05) is 43.3 Å². The number of carbonyl (C=O) groups is 2. The number of halogens is 2. The summed E-state index contributed by atoms with van der Waals surface area (Å²) < 4.78 is 29.4. The Hall–Kier alpha value is -3.85. The van der Waals surface area contributed by atoms with Crippen LogP contribution in [0, 0.1) is 6.92 Å². The lowest BCUT2D eigenvalue weighted by Gasteiger charge is -2.35. The van der Waals surface area contributed by atoms with Gasteiger partial charge in [0.1, 0.15) is 12.6 Å². The number of benzene rings is 4. The predicted octanol–water partition coefficient (Wildman–Crippen LogP) is 7.59. The lowest BCUT2D eigenvalue weighted by Crippen LogP contribution is -2.55. The van der Waals surface area contributed by atoms with Gasteiger partial charge >= 0.3 is 0 Å². The average molecular weight is 693 g/mol. The van der Waals surface area contributed by atoms with Gasteiger partial charge in [0.15, 0.2) is 0 Å². The first-order valence-electron chi connectivity index (χ1n) is 15.8. The van der Waals surface area contributed by atoms with Gasteiger partial charge in [-0.05, 0) is 67.3 Å². The molecule has 1 atom stereocenters. The van der Waals surface area contributed by atoms with Crippen molar-refractivity contribution in [3.8, 4) is 0 Å². The van der Waals surface area contributed by atoms with Crippen molar-refractivity contribution >= 4 is 50.7 Å². The molecule has 5 rings (SSSR count). The standard InChI is InChI=1S/C37H39Cl2N3O4S/c1-27-13-11-18-30(23-27)42(47(45,46)31-19-9-4-10-20-31)26-36(43)41(25-32-33(38)21-12-22-34(32)39)35(24-28-14-5-2-6-15-28)37(44)40-29-16-7-3-8-17-29/h2,4-6,9-15,18-23,29,35H,3,7-8,16-17,24-26H2,1H3,(H,40,44)/t35-/m0/s1. The van der Waals surface area contributed by atoms with Crippen LogP contribution in [0.3, 0.4) is 0 Å². The molecule has 0 saturated heterocycles. The maximum atomic E-state index is 14.7. The van der Waals surface area contributed by atoms with Crippen LogP contribution in [0.4, 0.5) is 5.69 Å². The van der Waals surface area contributed by atoms with Gasteiger partial charge in [0.2, 0.25) is 11.8 Å². The minimum Gasteiger partial charge on any atom is -0.352 e. The van der Waals surface area contributed by atoms with Crippen molar-refractivity contribution in [3.05, 3.63) is 130 Å². The van der Waals surface area contributed by atoms with Crippen LogP contribution in [0.2, 0.25) is 10.0 Å². The van der Waals surface area contributed by atoms with Gasteiger partial charge in [-0.25, -0.2) is 8.42 Å². The molecule has 0 bridgehead atoms. The van der Waals surface area contributed by atoms with Crippen LogP contribution in [0.1, 0.15) is 48.8 Å². The molecular weight excluding hydrogens is 653 g/mol. The van der Waals surface area contributed by atoms with Gasteiger partial charge < -0.3 is 10.2 Å². The van der Waals surface area contributed by atoms with Crippen molar-refractivity contribution in [2.45, 2.75) is 69.0 Å². The lowest BCUT2D eigenvalue weighted by molar-refractivity contribution is -0.140. The number of nitrogens with one attached hydrogen (secondary N) is 1. The summed E-state index contributed by atoms with van der Waals surface area (Å²) in [4.78, 5) is 30.4. The molecule has 1 saturated carbocycles. The van der Waals surface area contributed by atoms with Gasteiger partial charge in [-0.15, -0.1) is 0 Å². The third kappa shape index (κ3) is 8.74. The summed E-state index contributed by atoms with van der Waals surface area (Å²) in [6, 6.07) is 28.6. The van der Waals surface area contributed by atoms with E-state index in [9.17, 15) is 18.0 Å². The summed E-state index contributed by atoms with van der Waals surface area (Å²) in [6.07, 6.45) is 5.11. The molecule has 1 N–H and O–H groups in total. The molecule has 0 unspecified atom stereocenters. The zero-order valence-corrected chi connectivity index (χ0v) is 28.6. The summed E-state index contributed by atoms with van der Waals surface area (Å²) in [5.74, 6) is -0.868. The van der Waals surface area contributed by atoms with Gasteiger partial charge in [-0.2, -0.15) is 0 Å². The highest BCUT2D eigenvalue weighted by molar-refractivity contribution is 7.92. The Labute approximate surface area is 287 Å². The van der Waals surface area contributed by atoms with Crippen LogP contribution in [0.15, 0.2) is 108 Å². The minimum absolute atomic E-state index is 0.00220. The second kappa shape index (κ2) is 15.8. The highest BCUT2D eigenvalue weighted by atomic mass is 35.5. The molecule has 1 fully saturated rings. The van der Waals surface area contributed by atoms with E-state index in [-0.39, 0.29) is 29.8 Å². The number of hydrogen-bond acceptors (Lipinski definition) is 4. The maximum absolute atomic E-state index is 14.7. The van der Waals surface area contributed by atoms with Gasteiger partial charge in [0.25, 0.3) is 10.0 Å². The van der Waals surface area contributed by atoms with E-state index < -0.39 is 28.5 Å². The topological polar surface area (TPSA) is 86.8 Å². The summed E-state index contributed by atoms with van der Waals surface area (Å²) in [6.45, 7) is 1.21. The second-order valence-electron chi connectivity index (χ2n) is 11.9. The molecule has 2 amide bonds. The Kier molecular flexibility index (Phi) is 11.6. The third-order valence-electron chi connectivity index (χ3n) is 8.51. The predicted molar refractivity (Wildman–Crippen MR) is 188 cm³/mol. The van der Waals surface area contributed by atoms with Crippen LogP contribution in [0.5, 0.6) is 0 Å². The first-order chi connectivity index (χ1) is 22.6. The van der Waals surface area contributed by atoms with E-state index >= 15 is 0 Å². The number of amides is 2. The van der Waals surface area contributed by atoms with Crippen molar-refractivity contribution in [2.24, 2.45) is 0 Å². The largest absolute Gasteiger partial charge is 0.352 e. The number of nitrogens with zero attached hydrogens (tertiary/aromatic N) is 2. The quantitative estimate of drug-likeness (QED) is 0.166. The molecule has 7 nitrogen and oxygen atoms in total. The van der Waals surface area contributed by atoms with Crippen molar-refractivity contribution < 1.29 is 18.0 Å². The summed E-state index contributed by atoms with van der Waals surface area (Å²) in [7, 11) is -4.18. The molecule has 1 aliphatic rings. The summed E-state index contributed by atoms with van der Waals surface area (Å²) in [5, 5.41) is 3.89. The molecule has 0 heterocycles. The maximum Gasteiger partial charge on any atom is 0.264 e. The Balaban J connectivity index is 1.59. The average Bonchev–Trinajstić information content (AvgIpc) is 3.07. The van der Waals surface area contributed by atoms with E-state index in [0.29, 0.717) is 21.3 Å². The molecule has 4 aromatic carbocycles. The third-order valence-corrected chi connectivity index (χ3v) is 11.0. The van der Waals surface area contributed by atoms with E-state index in [1.54, 1.807) is 54.6 Å². The first-order valence-corrected chi connectivity index (χ1v) is 18.0. The second-order valence-corrected chi connectivity index (χ2v) is 14.6. The fourth-order valence-corrected chi connectivity index (χ4v) is 7.93. The van der Waals surface area contributed by atoms with E-state index in [0.717, 1.165) is 47.5 Å². The molecule has 1 aliphatic carbocycles. The van der Waals surface area contributed by atoms with Crippen LogP contribution in [0.25, 0.3) is 0 Å². The van der Waals surface area contributed by atoms with Crippen molar-refractivity contribution in [1.82, 2.24) is 10.2 Å². The molecule has 0 spiro atoms. The van der Waals surface area contributed by atoms with Crippen molar-refractivity contribution in [3.63, 3.8) is 0 Å². The molecule has 0 aliphatic heterocycles. The number of sulfonamides is 1. The summed E-state index contributed by atoms with van der Waals surface area (Å²) >= 11 is 13.2. The van der Waals surface area contributed by atoms with E-state index in [1.165, 1.54) is 17.0 Å². The van der Waals surface area contributed by atoms with Crippen LogP contribution in [-0.2, 0) is 32.6 Å². The normalized spacial score (nSPS) is 14.3. The fraction of sp³-hybridized carbons (Fsp3) is 0.297. The lowest BCUT2D eigenvalue weighted by atomic mass is 9.94. The molecule has 4 aromatic rings. The molecule has 0 aromatic heterocycles. The molecule has 10 heteroatoms. The Bertz CT molecular complexity index is 1760. The molecule has 246 valence electrons. The van der Waals surface area contributed by atoms with Gasteiger partial charge in [-0.1, -0.05) is 109 Å². The first kappa shape index (κ1) is 34.5. The number of hydrogen-bond donors (Lipinski definition) is 1. The van der Waals surface area contributed by atoms with Crippen molar-refractivity contribution in [2.75, 3.05) is 10.8 Å². The highest BCUT2D eigenvalue weighted by Gasteiger charge is 2.36. The Morgan fingerprint density at radius 3 is 2.09 bits per heavy atom. The smallest absolute Gasteiger partial charge is 0.264 e. The Morgan fingerprint density at radius 2 is 1.45 bits per heavy atom. The summed E-state index contributed by atoms with van der Waals surface area (Å²) in [5.41, 5.74) is 2.49. The van der Waals surface area contributed by atoms with Crippen LogP contribution in [-0.4, -0.2) is 43.8 Å². The van der Waals surface area contributed by atoms with Gasteiger partial charge in [0, 0.05) is 34.6 Å². The molecular formula is C37H39Cl2N3O4S.